The highest BCUT2D eigenvalue weighted by Crippen LogP contribution is 2.39. The third kappa shape index (κ3) is 2.65. The van der Waals surface area contributed by atoms with Crippen molar-refractivity contribution in [3.05, 3.63) is 56.6 Å². The van der Waals surface area contributed by atoms with Gasteiger partial charge < -0.3 is 10.3 Å². The summed E-state index contributed by atoms with van der Waals surface area (Å²) in [5.41, 5.74) is 10.6. The first-order valence-corrected chi connectivity index (χ1v) is 7.80. The van der Waals surface area contributed by atoms with Gasteiger partial charge in [-0.2, -0.15) is 0 Å². The van der Waals surface area contributed by atoms with E-state index in [0.29, 0.717) is 16.6 Å². The lowest BCUT2D eigenvalue weighted by Gasteiger charge is -2.08. The van der Waals surface area contributed by atoms with Crippen LogP contribution in [0.2, 0.25) is 5.02 Å². The number of nitrogens with two attached hydrogens (primary N) is 1. The molecule has 2 N–H and O–H groups in total. The maximum atomic E-state index is 6.11. The highest BCUT2D eigenvalue weighted by atomic mass is 127. The minimum Gasteiger partial charge on any atom is -0.367 e. The maximum absolute atomic E-state index is 6.11. The molecule has 3 aromatic rings. The molecule has 5 heteroatoms. The number of aryl methyl sites for hydroxylation is 1. The molecule has 0 aliphatic rings. The summed E-state index contributed by atoms with van der Waals surface area (Å²) in [6.45, 7) is 2.04. The molecule has 0 fully saturated rings. The molecule has 0 amide bonds. The standard InChI is InChI=1S/C16H12ClIN2O/c1-9-4-2-3-5-11(9)14-15(20-21-16(14)19)12-8-10(17)6-7-13(12)18/h2-8H,19H2,1H3. The molecular formula is C16H12ClIN2O. The predicted octanol–water partition coefficient (Wildman–Crippen LogP) is 5.16. The first-order valence-electron chi connectivity index (χ1n) is 6.34. The zero-order valence-corrected chi connectivity index (χ0v) is 14.1. The second-order valence-electron chi connectivity index (χ2n) is 4.71. The van der Waals surface area contributed by atoms with Crippen molar-refractivity contribution < 1.29 is 4.52 Å². The van der Waals surface area contributed by atoms with Gasteiger partial charge in [-0.3, -0.25) is 0 Å². The Hall–Kier alpha value is -1.53. The minimum atomic E-state index is 0.315. The molecule has 1 heterocycles. The highest BCUT2D eigenvalue weighted by molar-refractivity contribution is 14.1. The number of halogens is 2. The van der Waals surface area contributed by atoms with Gasteiger partial charge in [0.15, 0.2) is 0 Å². The van der Waals surface area contributed by atoms with Crippen molar-refractivity contribution >= 4 is 40.1 Å². The summed E-state index contributed by atoms with van der Waals surface area (Å²) in [6, 6.07) is 13.7. The summed E-state index contributed by atoms with van der Waals surface area (Å²) in [7, 11) is 0. The quantitative estimate of drug-likeness (QED) is 0.594. The van der Waals surface area contributed by atoms with E-state index < -0.39 is 0 Å². The van der Waals surface area contributed by atoms with Gasteiger partial charge in [0.05, 0.1) is 5.56 Å². The molecule has 3 nitrogen and oxygen atoms in total. The molecule has 0 atom stereocenters. The Kier molecular flexibility index (Phi) is 3.91. The van der Waals surface area contributed by atoms with Gasteiger partial charge in [0.2, 0.25) is 5.88 Å². The van der Waals surface area contributed by atoms with E-state index in [-0.39, 0.29) is 0 Å². The summed E-state index contributed by atoms with van der Waals surface area (Å²) >= 11 is 8.36. The molecule has 1 aromatic heterocycles. The molecule has 2 aromatic carbocycles. The number of aromatic nitrogens is 1. The lowest BCUT2D eigenvalue weighted by molar-refractivity contribution is 0.439. The number of rotatable bonds is 2. The number of nitrogen functional groups attached to an aromatic ring is 1. The van der Waals surface area contributed by atoms with Gasteiger partial charge in [-0.1, -0.05) is 41.0 Å². The summed E-state index contributed by atoms with van der Waals surface area (Å²) in [5, 5.41) is 4.80. The van der Waals surface area contributed by atoms with Crippen LogP contribution in [0.5, 0.6) is 0 Å². The van der Waals surface area contributed by atoms with E-state index in [4.69, 9.17) is 21.9 Å². The van der Waals surface area contributed by atoms with Crippen LogP contribution in [0.4, 0.5) is 5.88 Å². The van der Waals surface area contributed by atoms with E-state index in [9.17, 15) is 0 Å². The molecule has 0 saturated heterocycles. The molecule has 3 rings (SSSR count). The smallest absolute Gasteiger partial charge is 0.230 e. The molecule has 0 bridgehead atoms. The van der Waals surface area contributed by atoms with Gasteiger partial charge in [0, 0.05) is 14.2 Å². The van der Waals surface area contributed by atoms with E-state index >= 15 is 0 Å². The van der Waals surface area contributed by atoms with Gasteiger partial charge in [0.1, 0.15) is 5.69 Å². The molecule has 0 aliphatic carbocycles. The Balaban J connectivity index is 2.27. The summed E-state index contributed by atoms with van der Waals surface area (Å²) < 4.78 is 6.28. The first-order chi connectivity index (χ1) is 10.1. The van der Waals surface area contributed by atoms with Crippen molar-refractivity contribution in [3.8, 4) is 22.4 Å². The second-order valence-corrected chi connectivity index (χ2v) is 6.31. The Bertz CT molecular complexity index is 814. The van der Waals surface area contributed by atoms with Crippen LogP contribution in [0.15, 0.2) is 47.0 Å². The van der Waals surface area contributed by atoms with E-state index in [2.05, 4.69) is 27.7 Å². The van der Waals surface area contributed by atoms with Crippen molar-refractivity contribution in [3.63, 3.8) is 0 Å². The minimum absolute atomic E-state index is 0.315. The average Bonchev–Trinajstić information content (AvgIpc) is 2.84. The van der Waals surface area contributed by atoms with Crippen LogP contribution in [0.25, 0.3) is 22.4 Å². The van der Waals surface area contributed by atoms with Crippen molar-refractivity contribution in [1.82, 2.24) is 5.16 Å². The number of anilines is 1. The summed E-state index contributed by atoms with van der Waals surface area (Å²) in [5.74, 6) is 0.315. The zero-order chi connectivity index (χ0) is 15.0. The van der Waals surface area contributed by atoms with Crippen LogP contribution in [0.3, 0.4) is 0 Å². The Labute approximate surface area is 141 Å². The van der Waals surface area contributed by atoms with Crippen molar-refractivity contribution in [2.75, 3.05) is 5.73 Å². The molecule has 0 radical (unpaired) electrons. The zero-order valence-electron chi connectivity index (χ0n) is 11.2. The molecule has 106 valence electrons. The fraction of sp³-hybridized carbons (Fsp3) is 0.0625. The van der Waals surface area contributed by atoms with Crippen LogP contribution in [-0.2, 0) is 0 Å². The van der Waals surface area contributed by atoms with Crippen LogP contribution < -0.4 is 5.73 Å². The molecular weight excluding hydrogens is 399 g/mol. The van der Waals surface area contributed by atoms with Crippen LogP contribution in [-0.4, -0.2) is 5.16 Å². The number of nitrogens with zero attached hydrogens (tertiary/aromatic N) is 1. The Morgan fingerprint density at radius 1 is 1.14 bits per heavy atom. The van der Waals surface area contributed by atoms with Gasteiger partial charge >= 0.3 is 0 Å². The topological polar surface area (TPSA) is 52.0 Å². The van der Waals surface area contributed by atoms with Gasteiger partial charge in [-0.15, -0.1) is 0 Å². The molecule has 0 unspecified atom stereocenters. The van der Waals surface area contributed by atoms with Crippen molar-refractivity contribution in [1.29, 1.82) is 0 Å². The highest BCUT2D eigenvalue weighted by Gasteiger charge is 2.20. The van der Waals surface area contributed by atoms with Crippen molar-refractivity contribution in [2.24, 2.45) is 0 Å². The third-order valence-electron chi connectivity index (χ3n) is 3.32. The lowest BCUT2D eigenvalue weighted by atomic mass is 9.97. The molecule has 0 aliphatic heterocycles. The molecule has 0 spiro atoms. The average molecular weight is 411 g/mol. The number of benzene rings is 2. The normalized spacial score (nSPS) is 10.8. The Morgan fingerprint density at radius 2 is 1.90 bits per heavy atom. The van der Waals surface area contributed by atoms with Crippen molar-refractivity contribution in [2.45, 2.75) is 6.92 Å². The first kappa shape index (κ1) is 14.4. The number of hydrogen-bond acceptors (Lipinski definition) is 3. The summed E-state index contributed by atoms with van der Waals surface area (Å²) in [4.78, 5) is 0. The van der Waals surface area contributed by atoms with Crippen LogP contribution >= 0.6 is 34.2 Å². The van der Waals surface area contributed by atoms with E-state index in [1.165, 1.54) is 0 Å². The fourth-order valence-electron chi connectivity index (χ4n) is 2.28. The van der Waals surface area contributed by atoms with Crippen LogP contribution in [0, 0.1) is 10.5 Å². The molecule has 21 heavy (non-hydrogen) atoms. The lowest BCUT2D eigenvalue weighted by Crippen LogP contribution is -1.91. The second kappa shape index (κ2) is 5.69. The largest absolute Gasteiger partial charge is 0.367 e. The maximum Gasteiger partial charge on any atom is 0.230 e. The SMILES string of the molecule is Cc1ccccc1-c1c(-c2cc(Cl)ccc2I)noc1N. The fourth-order valence-corrected chi connectivity index (χ4v) is 3.04. The van der Waals surface area contributed by atoms with Gasteiger partial charge in [-0.25, -0.2) is 0 Å². The van der Waals surface area contributed by atoms with Crippen LogP contribution in [0.1, 0.15) is 5.56 Å². The van der Waals surface area contributed by atoms with E-state index in [1.54, 1.807) is 0 Å². The Morgan fingerprint density at radius 3 is 2.67 bits per heavy atom. The van der Waals surface area contributed by atoms with Gasteiger partial charge in [0.25, 0.3) is 0 Å². The van der Waals surface area contributed by atoms with Gasteiger partial charge in [-0.05, 0) is 58.8 Å². The molecule has 0 saturated carbocycles. The third-order valence-corrected chi connectivity index (χ3v) is 4.49. The van der Waals surface area contributed by atoms with E-state index in [0.717, 1.165) is 25.8 Å². The van der Waals surface area contributed by atoms with E-state index in [1.807, 2.05) is 49.4 Å². The predicted molar refractivity (Wildman–Crippen MR) is 94.3 cm³/mol. The number of hydrogen-bond donors (Lipinski definition) is 1. The summed E-state index contributed by atoms with van der Waals surface area (Å²) in [6.07, 6.45) is 0. The monoisotopic (exact) mass is 410 g/mol.